The summed E-state index contributed by atoms with van der Waals surface area (Å²) in [6.07, 6.45) is 1.77. The van der Waals surface area contributed by atoms with E-state index in [0.717, 1.165) is 47.0 Å². The number of aryl methyl sites for hydroxylation is 2. The highest BCUT2D eigenvalue weighted by molar-refractivity contribution is 5.93. The number of benzene rings is 2. The standard InChI is InChI=1S/C22H30N2O3/c1-6-18-9-7-8-16(2)22(18)23-21(25)15-24(3)13-12-17-10-11-19(26-4)20(14-17)27-5/h7-11,14H,6,12-13,15H2,1-5H3,(H,23,25)/p+1. The molecule has 2 rings (SSSR count). The molecule has 146 valence electrons. The van der Waals surface area contributed by atoms with Crippen LogP contribution in [-0.2, 0) is 17.6 Å². The van der Waals surface area contributed by atoms with Crippen LogP contribution in [0.15, 0.2) is 36.4 Å². The van der Waals surface area contributed by atoms with E-state index in [1.54, 1.807) is 14.2 Å². The van der Waals surface area contributed by atoms with Crippen molar-refractivity contribution in [1.82, 2.24) is 0 Å². The van der Waals surface area contributed by atoms with Gasteiger partial charge in [0.25, 0.3) is 5.91 Å². The lowest BCUT2D eigenvalue weighted by atomic mass is 10.1. The number of quaternary nitrogens is 1. The lowest BCUT2D eigenvalue weighted by Crippen LogP contribution is -3.10. The van der Waals surface area contributed by atoms with Crippen molar-refractivity contribution in [3.05, 3.63) is 53.1 Å². The van der Waals surface area contributed by atoms with Crippen LogP contribution < -0.4 is 19.7 Å². The summed E-state index contributed by atoms with van der Waals surface area (Å²) < 4.78 is 10.6. The van der Waals surface area contributed by atoms with Crippen LogP contribution in [0.5, 0.6) is 11.5 Å². The Morgan fingerprint density at radius 3 is 2.52 bits per heavy atom. The lowest BCUT2D eigenvalue weighted by Gasteiger charge is -2.17. The highest BCUT2D eigenvalue weighted by atomic mass is 16.5. The highest BCUT2D eigenvalue weighted by Crippen LogP contribution is 2.27. The van der Waals surface area contributed by atoms with Crippen molar-refractivity contribution >= 4 is 11.6 Å². The number of hydrogen-bond acceptors (Lipinski definition) is 3. The second kappa shape index (κ2) is 9.97. The number of likely N-dealkylation sites (N-methyl/N-ethyl adjacent to an activating group) is 1. The minimum absolute atomic E-state index is 0.0452. The SMILES string of the molecule is CCc1cccc(C)c1NC(=O)C[NH+](C)CCc1ccc(OC)c(OC)c1. The quantitative estimate of drug-likeness (QED) is 0.711. The number of ether oxygens (including phenoxy) is 2. The van der Waals surface area contributed by atoms with Gasteiger partial charge in [-0.2, -0.15) is 0 Å². The molecule has 0 spiro atoms. The minimum Gasteiger partial charge on any atom is -0.493 e. The molecular weight excluding hydrogens is 340 g/mol. The van der Waals surface area contributed by atoms with Crippen molar-refractivity contribution in [2.75, 3.05) is 39.7 Å². The summed E-state index contributed by atoms with van der Waals surface area (Å²) in [6, 6.07) is 12.1. The van der Waals surface area contributed by atoms with Crippen molar-refractivity contribution in [1.29, 1.82) is 0 Å². The Hall–Kier alpha value is -2.53. The summed E-state index contributed by atoms with van der Waals surface area (Å²) in [7, 11) is 5.31. The van der Waals surface area contributed by atoms with Gasteiger partial charge in [-0.3, -0.25) is 4.79 Å². The molecule has 0 heterocycles. The molecule has 0 aromatic heterocycles. The number of rotatable bonds is 9. The number of hydrogen-bond donors (Lipinski definition) is 2. The van der Waals surface area contributed by atoms with E-state index in [4.69, 9.17) is 9.47 Å². The van der Waals surface area contributed by atoms with Crippen LogP contribution in [0.2, 0.25) is 0 Å². The predicted molar refractivity (Wildman–Crippen MR) is 109 cm³/mol. The maximum atomic E-state index is 12.5. The average molecular weight is 372 g/mol. The largest absolute Gasteiger partial charge is 0.493 e. The van der Waals surface area contributed by atoms with Crippen molar-refractivity contribution in [2.24, 2.45) is 0 Å². The summed E-state index contributed by atoms with van der Waals surface area (Å²) in [4.78, 5) is 13.6. The average Bonchev–Trinajstić information content (AvgIpc) is 2.67. The molecule has 5 nitrogen and oxygen atoms in total. The molecule has 1 amide bonds. The molecule has 0 saturated heterocycles. The zero-order chi connectivity index (χ0) is 19.8. The van der Waals surface area contributed by atoms with Crippen molar-refractivity contribution < 1.29 is 19.2 Å². The van der Waals surface area contributed by atoms with Crippen molar-refractivity contribution in [2.45, 2.75) is 26.7 Å². The van der Waals surface area contributed by atoms with Crippen LogP contribution in [0.25, 0.3) is 0 Å². The number of carbonyl (C=O) groups excluding carboxylic acids is 1. The molecule has 2 aromatic carbocycles. The lowest BCUT2D eigenvalue weighted by molar-refractivity contribution is -0.870. The van der Waals surface area contributed by atoms with Gasteiger partial charge in [-0.25, -0.2) is 0 Å². The zero-order valence-corrected chi connectivity index (χ0v) is 17.0. The smallest absolute Gasteiger partial charge is 0.279 e. The first-order valence-electron chi connectivity index (χ1n) is 9.39. The Bertz CT molecular complexity index is 774. The molecule has 0 aliphatic carbocycles. The van der Waals surface area contributed by atoms with E-state index in [1.165, 1.54) is 11.1 Å². The maximum absolute atomic E-state index is 12.5. The van der Waals surface area contributed by atoms with Gasteiger partial charge in [0, 0.05) is 12.1 Å². The molecule has 1 unspecified atom stereocenters. The Labute approximate surface area is 162 Å². The number of methoxy groups -OCH3 is 2. The number of anilines is 1. The minimum atomic E-state index is 0.0452. The Kier molecular flexibility index (Phi) is 7.67. The van der Waals surface area contributed by atoms with Gasteiger partial charge >= 0.3 is 0 Å². The fourth-order valence-electron chi connectivity index (χ4n) is 3.14. The fourth-order valence-corrected chi connectivity index (χ4v) is 3.14. The second-order valence-corrected chi connectivity index (χ2v) is 6.83. The molecule has 0 aliphatic rings. The van der Waals surface area contributed by atoms with Crippen LogP contribution in [0.3, 0.4) is 0 Å². The summed E-state index contributed by atoms with van der Waals surface area (Å²) in [5.41, 5.74) is 4.40. The molecule has 5 heteroatoms. The third kappa shape index (κ3) is 5.73. The number of amides is 1. The summed E-state index contributed by atoms with van der Waals surface area (Å²) in [5, 5.41) is 3.10. The first kappa shape index (κ1) is 20.8. The Morgan fingerprint density at radius 1 is 1.11 bits per heavy atom. The van der Waals surface area contributed by atoms with Crippen molar-refractivity contribution in [3.63, 3.8) is 0 Å². The topological polar surface area (TPSA) is 52.0 Å². The van der Waals surface area contributed by atoms with Gasteiger partial charge in [-0.1, -0.05) is 31.2 Å². The second-order valence-electron chi connectivity index (χ2n) is 6.83. The van der Waals surface area contributed by atoms with E-state index in [9.17, 15) is 4.79 Å². The third-order valence-corrected chi connectivity index (χ3v) is 4.76. The first-order valence-corrected chi connectivity index (χ1v) is 9.39. The van der Waals surface area contributed by atoms with Crippen LogP contribution in [0.4, 0.5) is 5.69 Å². The van der Waals surface area contributed by atoms with Gasteiger partial charge in [0.1, 0.15) is 0 Å². The Balaban J connectivity index is 1.90. The first-order chi connectivity index (χ1) is 13.0. The zero-order valence-electron chi connectivity index (χ0n) is 17.0. The van der Waals surface area contributed by atoms with Crippen LogP contribution in [-0.4, -0.2) is 40.3 Å². The van der Waals surface area contributed by atoms with Gasteiger partial charge in [0.2, 0.25) is 0 Å². The van der Waals surface area contributed by atoms with Crippen molar-refractivity contribution in [3.8, 4) is 11.5 Å². The van der Waals surface area contributed by atoms with E-state index in [-0.39, 0.29) is 5.91 Å². The molecule has 0 aliphatic heterocycles. The van der Waals surface area contributed by atoms with Crippen LogP contribution in [0, 0.1) is 6.92 Å². The molecule has 0 bridgehead atoms. The molecule has 1 atom stereocenters. The van der Waals surface area contributed by atoms with Crippen LogP contribution in [0.1, 0.15) is 23.6 Å². The van der Waals surface area contributed by atoms with Gasteiger partial charge in [-0.05, 0) is 42.2 Å². The molecular formula is C22H31N2O3+. The van der Waals surface area contributed by atoms with Gasteiger partial charge in [-0.15, -0.1) is 0 Å². The van der Waals surface area contributed by atoms with Gasteiger partial charge in [0.05, 0.1) is 27.8 Å². The number of para-hydroxylation sites is 1. The highest BCUT2D eigenvalue weighted by Gasteiger charge is 2.14. The van der Waals surface area contributed by atoms with Crippen LogP contribution >= 0.6 is 0 Å². The summed E-state index contributed by atoms with van der Waals surface area (Å²) in [6.45, 7) is 5.43. The molecule has 27 heavy (non-hydrogen) atoms. The molecule has 0 fully saturated rings. The van der Waals surface area contributed by atoms with E-state index in [1.807, 2.05) is 44.3 Å². The molecule has 2 N–H and O–H groups in total. The van der Waals surface area contributed by atoms with E-state index in [0.29, 0.717) is 6.54 Å². The van der Waals surface area contributed by atoms with E-state index < -0.39 is 0 Å². The molecule has 0 radical (unpaired) electrons. The van der Waals surface area contributed by atoms with E-state index in [2.05, 4.69) is 18.3 Å². The fraction of sp³-hybridized carbons (Fsp3) is 0.409. The number of nitrogens with one attached hydrogen (secondary N) is 2. The summed E-state index contributed by atoms with van der Waals surface area (Å²) in [5.74, 6) is 1.51. The monoisotopic (exact) mass is 371 g/mol. The van der Waals surface area contributed by atoms with E-state index >= 15 is 0 Å². The third-order valence-electron chi connectivity index (χ3n) is 4.76. The Morgan fingerprint density at radius 2 is 1.85 bits per heavy atom. The summed E-state index contributed by atoms with van der Waals surface area (Å²) >= 11 is 0. The molecule has 0 saturated carbocycles. The van der Waals surface area contributed by atoms with Gasteiger partial charge < -0.3 is 19.7 Å². The maximum Gasteiger partial charge on any atom is 0.279 e. The normalized spacial score (nSPS) is 11.7. The van der Waals surface area contributed by atoms with Gasteiger partial charge in [0.15, 0.2) is 18.0 Å². The predicted octanol–water partition coefficient (Wildman–Crippen LogP) is 2.27. The number of carbonyl (C=O) groups is 1. The molecule has 2 aromatic rings.